The lowest BCUT2D eigenvalue weighted by Gasteiger charge is -2.10. The normalized spacial score (nSPS) is 10.2. The van der Waals surface area contributed by atoms with Crippen molar-refractivity contribution in [1.82, 2.24) is 0 Å². The highest BCUT2D eigenvalue weighted by molar-refractivity contribution is 6.31. The molecule has 0 fully saturated rings. The van der Waals surface area contributed by atoms with Crippen LogP contribution in [0.2, 0.25) is 5.02 Å². The van der Waals surface area contributed by atoms with Crippen LogP contribution in [0.4, 0.5) is 10.1 Å². The maximum Gasteiger partial charge on any atom is 0.228 e. The summed E-state index contributed by atoms with van der Waals surface area (Å²) in [5.74, 6) is -0.117. The fourth-order valence-corrected chi connectivity index (χ4v) is 1.98. The van der Waals surface area contributed by atoms with Gasteiger partial charge in [0.2, 0.25) is 5.91 Å². The van der Waals surface area contributed by atoms with Crippen molar-refractivity contribution in [3.05, 3.63) is 58.9 Å². The van der Waals surface area contributed by atoms with E-state index in [1.54, 1.807) is 30.3 Å². The maximum atomic E-state index is 13.0. The average Bonchev–Trinajstić information content (AvgIpc) is 2.38. The van der Waals surface area contributed by atoms with Crippen LogP contribution in [-0.2, 0) is 11.2 Å². The molecule has 0 bridgehead atoms. The molecule has 5 heteroatoms. The van der Waals surface area contributed by atoms with E-state index in [1.165, 1.54) is 19.2 Å². The highest BCUT2D eigenvalue weighted by Gasteiger charge is 2.09. The van der Waals surface area contributed by atoms with Crippen LogP contribution < -0.4 is 10.1 Å². The van der Waals surface area contributed by atoms with Gasteiger partial charge in [-0.25, -0.2) is 4.39 Å². The molecule has 0 unspecified atom stereocenters. The second kappa shape index (κ2) is 6.39. The number of hydrogen-bond acceptors (Lipinski definition) is 2. The van der Waals surface area contributed by atoms with Gasteiger partial charge in [-0.05, 0) is 35.9 Å². The molecule has 0 aliphatic carbocycles. The first kappa shape index (κ1) is 14.3. The Hall–Kier alpha value is -2.07. The number of carbonyl (C=O) groups excluding carboxylic acids is 1. The fourth-order valence-electron chi connectivity index (χ4n) is 1.80. The Balaban J connectivity index is 2.10. The van der Waals surface area contributed by atoms with E-state index in [1.807, 2.05) is 0 Å². The molecule has 0 radical (unpaired) electrons. The predicted molar refractivity (Wildman–Crippen MR) is 76.7 cm³/mol. The molecule has 0 heterocycles. The Morgan fingerprint density at radius 3 is 2.80 bits per heavy atom. The number of benzene rings is 2. The van der Waals surface area contributed by atoms with Crippen LogP contribution in [0.5, 0.6) is 5.75 Å². The van der Waals surface area contributed by atoms with Crippen molar-refractivity contribution in [2.45, 2.75) is 6.42 Å². The number of nitrogens with one attached hydrogen (secondary N) is 1. The fraction of sp³-hybridized carbons (Fsp3) is 0.133. The van der Waals surface area contributed by atoms with Gasteiger partial charge in [-0.2, -0.15) is 0 Å². The lowest BCUT2D eigenvalue weighted by Crippen LogP contribution is -2.15. The van der Waals surface area contributed by atoms with Crippen LogP contribution >= 0.6 is 11.6 Å². The summed E-state index contributed by atoms with van der Waals surface area (Å²) in [6.45, 7) is 0. The zero-order chi connectivity index (χ0) is 14.5. The summed E-state index contributed by atoms with van der Waals surface area (Å²) in [5.41, 5.74) is 1.09. The summed E-state index contributed by atoms with van der Waals surface area (Å²) in [5, 5.41) is 3.19. The minimum atomic E-state index is -0.365. The quantitative estimate of drug-likeness (QED) is 0.934. The summed E-state index contributed by atoms with van der Waals surface area (Å²) < 4.78 is 18.2. The Bertz CT molecular complexity index is 631. The molecular weight excluding hydrogens is 281 g/mol. The second-order valence-electron chi connectivity index (χ2n) is 4.20. The number of halogens is 2. The standard InChI is InChI=1S/C15H13ClFNO2/c1-20-14-6-5-11(16)9-13(14)18-15(19)8-10-3-2-4-12(17)7-10/h2-7,9H,8H2,1H3,(H,18,19). The van der Waals surface area contributed by atoms with Crippen molar-refractivity contribution in [1.29, 1.82) is 0 Å². The second-order valence-corrected chi connectivity index (χ2v) is 4.64. The summed E-state index contributed by atoms with van der Waals surface area (Å²) in [7, 11) is 1.51. The molecule has 1 N–H and O–H groups in total. The van der Waals surface area contributed by atoms with Crippen molar-refractivity contribution >= 4 is 23.2 Å². The molecule has 0 spiro atoms. The van der Waals surface area contributed by atoms with E-state index in [4.69, 9.17) is 16.3 Å². The van der Waals surface area contributed by atoms with Gasteiger partial charge in [-0.15, -0.1) is 0 Å². The van der Waals surface area contributed by atoms with E-state index >= 15 is 0 Å². The molecule has 1 amide bonds. The Labute approximate surface area is 121 Å². The summed E-state index contributed by atoms with van der Waals surface area (Å²) >= 11 is 5.88. The molecule has 0 aliphatic rings. The lowest BCUT2D eigenvalue weighted by atomic mass is 10.1. The molecule has 0 atom stereocenters. The molecule has 2 rings (SSSR count). The first-order valence-corrected chi connectivity index (χ1v) is 6.34. The molecular formula is C15H13ClFNO2. The van der Waals surface area contributed by atoms with Gasteiger partial charge in [0.15, 0.2) is 0 Å². The molecule has 0 saturated heterocycles. The van der Waals surface area contributed by atoms with Crippen molar-refractivity contribution in [2.75, 3.05) is 12.4 Å². The van der Waals surface area contributed by atoms with E-state index in [0.717, 1.165) is 0 Å². The molecule has 0 aromatic heterocycles. The third-order valence-corrected chi connectivity index (χ3v) is 2.92. The number of ether oxygens (including phenoxy) is 1. The first-order valence-electron chi connectivity index (χ1n) is 5.96. The highest BCUT2D eigenvalue weighted by Crippen LogP contribution is 2.27. The van der Waals surface area contributed by atoms with Gasteiger partial charge in [-0.1, -0.05) is 23.7 Å². The van der Waals surface area contributed by atoms with Crippen LogP contribution in [-0.4, -0.2) is 13.0 Å². The highest BCUT2D eigenvalue weighted by atomic mass is 35.5. The zero-order valence-corrected chi connectivity index (χ0v) is 11.6. The Morgan fingerprint density at radius 2 is 2.10 bits per heavy atom. The molecule has 3 nitrogen and oxygen atoms in total. The van der Waals surface area contributed by atoms with Crippen molar-refractivity contribution in [3.8, 4) is 5.75 Å². The van der Waals surface area contributed by atoms with Crippen LogP contribution in [0.25, 0.3) is 0 Å². The average molecular weight is 294 g/mol. The van der Waals surface area contributed by atoms with E-state index in [-0.39, 0.29) is 18.1 Å². The third-order valence-electron chi connectivity index (χ3n) is 2.69. The van der Waals surface area contributed by atoms with Gasteiger partial charge >= 0.3 is 0 Å². The molecule has 0 aliphatic heterocycles. The first-order chi connectivity index (χ1) is 9.58. The summed E-state index contributed by atoms with van der Waals surface area (Å²) in [6, 6.07) is 10.9. The predicted octanol–water partition coefficient (Wildman–Crippen LogP) is 3.67. The number of rotatable bonds is 4. The molecule has 104 valence electrons. The zero-order valence-electron chi connectivity index (χ0n) is 10.8. The number of anilines is 1. The van der Waals surface area contributed by atoms with Crippen molar-refractivity contribution in [3.63, 3.8) is 0 Å². The van der Waals surface area contributed by atoms with Gasteiger partial charge in [-0.3, -0.25) is 4.79 Å². The Kier molecular flexibility index (Phi) is 4.58. The smallest absolute Gasteiger partial charge is 0.228 e. The van der Waals surface area contributed by atoms with Gasteiger partial charge in [0, 0.05) is 5.02 Å². The SMILES string of the molecule is COc1ccc(Cl)cc1NC(=O)Cc1cccc(F)c1. The van der Waals surface area contributed by atoms with Crippen LogP contribution in [0.3, 0.4) is 0 Å². The maximum absolute atomic E-state index is 13.0. The van der Waals surface area contributed by atoms with Crippen LogP contribution in [0.1, 0.15) is 5.56 Å². The third kappa shape index (κ3) is 3.71. The minimum Gasteiger partial charge on any atom is -0.495 e. The Morgan fingerprint density at radius 1 is 1.30 bits per heavy atom. The topological polar surface area (TPSA) is 38.3 Å². The van der Waals surface area contributed by atoms with Gasteiger partial charge in [0.05, 0.1) is 19.2 Å². The number of carbonyl (C=O) groups is 1. The molecule has 2 aromatic carbocycles. The van der Waals surface area contributed by atoms with Gasteiger partial charge in [0.25, 0.3) is 0 Å². The molecule has 2 aromatic rings. The largest absolute Gasteiger partial charge is 0.495 e. The summed E-state index contributed by atoms with van der Waals surface area (Å²) in [4.78, 5) is 11.9. The minimum absolute atomic E-state index is 0.0768. The van der Waals surface area contributed by atoms with Gasteiger partial charge in [0.1, 0.15) is 11.6 Å². The van der Waals surface area contributed by atoms with E-state index in [9.17, 15) is 9.18 Å². The van der Waals surface area contributed by atoms with Crippen LogP contribution in [0.15, 0.2) is 42.5 Å². The van der Waals surface area contributed by atoms with Crippen LogP contribution in [0, 0.1) is 5.82 Å². The lowest BCUT2D eigenvalue weighted by molar-refractivity contribution is -0.115. The number of amides is 1. The van der Waals surface area contributed by atoms with Gasteiger partial charge < -0.3 is 10.1 Å². The summed E-state index contributed by atoms with van der Waals surface area (Å²) in [6.07, 6.45) is 0.0768. The molecule has 20 heavy (non-hydrogen) atoms. The van der Waals surface area contributed by atoms with Crippen molar-refractivity contribution < 1.29 is 13.9 Å². The van der Waals surface area contributed by atoms with E-state index in [2.05, 4.69) is 5.32 Å². The van der Waals surface area contributed by atoms with E-state index < -0.39 is 0 Å². The number of methoxy groups -OCH3 is 1. The molecule has 0 saturated carbocycles. The van der Waals surface area contributed by atoms with E-state index in [0.29, 0.717) is 22.0 Å². The van der Waals surface area contributed by atoms with Crippen molar-refractivity contribution in [2.24, 2.45) is 0 Å². The monoisotopic (exact) mass is 293 g/mol. The number of hydrogen-bond donors (Lipinski definition) is 1.